The molecule has 1 aromatic heterocycles. The van der Waals surface area contributed by atoms with E-state index in [4.69, 9.17) is 22.3 Å². The van der Waals surface area contributed by atoms with E-state index in [2.05, 4.69) is 25.6 Å². The van der Waals surface area contributed by atoms with Gasteiger partial charge in [-0.1, -0.05) is 0 Å². The van der Waals surface area contributed by atoms with Crippen molar-refractivity contribution in [1.82, 2.24) is 20.6 Å². The fourth-order valence-corrected chi connectivity index (χ4v) is 2.40. The third-order valence-corrected chi connectivity index (χ3v) is 3.96. The first-order valence-electron chi connectivity index (χ1n) is 8.91. The Hall–Kier alpha value is -3.19. The normalized spacial score (nSPS) is 14.9. The molecule has 0 spiro atoms. The van der Waals surface area contributed by atoms with Gasteiger partial charge in [0.1, 0.15) is 6.04 Å². The van der Waals surface area contributed by atoms with Crippen molar-refractivity contribution in [3.63, 3.8) is 0 Å². The van der Waals surface area contributed by atoms with Crippen molar-refractivity contribution in [2.45, 2.75) is 50.4 Å². The van der Waals surface area contributed by atoms with E-state index in [-0.39, 0.29) is 18.8 Å². The molecule has 1 rings (SSSR count). The van der Waals surface area contributed by atoms with Gasteiger partial charge >= 0.3 is 5.97 Å². The minimum atomic E-state index is -1.53. The number of carboxylic acids is 1. The lowest BCUT2D eigenvalue weighted by Crippen LogP contribution is -2.57. The highest BCUT2D eigenvalue weighted by Gasteiger charge is 2.30. The van der Waals surface area contributed by atoms with E-state index in [1.165, 1.54) is 19.4 Å². The summed E-state index contributed by atoms with van der Waals surface area (Å²) in [6.45, 7) is 1.53. The minimum Gasteiger partial charge on any atom is -0.480 e. The molecule has 0 saturated heterocycles. The Morgan fingerprint density at radius 2 is 1.97 bits per heavy atom. The number of carboxylic acid groups (broad SMARTS) is 1. The number of carbonyl (C=O) groups excluding carboxylic acids is 2. The Labute approximate surface area is 167 Å². The number of nitrogens with zero attached hydrogens (tertiary/aromatic N) is 2. The van der Waals surface area contributed by atoms with Gasteiger partial charge in [-0.25, -0.2) is 9.78 Å². The Morgan fingerprint density at radius 1 is 1.28 bits per heavy atom. The average Bonchev–Trinajstić information content (AvgIpc) is 3.14. The van der Waals surface area contributed by atoms with Gasteiger partial charge in [0.25, 0.3) is 0 Å². The molecule has 4 unspecified atom stereocenters. The molecule has 2 amide bonds. The number of amides is 2. The van der Waals surface area contributed by atoms with Gasteiger partial charge in [0.05, 0.1) is 18.5 Å². The van der Waals surface area contributed by atoms with Gasteiger partial charge in [0.2, 0.25) is 11.8 Å². The fourth-order valence-electron chi connectivity index (χ4n) is 2.40. The smallest absolute Gasteiger partial charge is 0.328 e. The van der Waals surface area contributed by atoms with Crippen molar-refractivity contribution in [3.05, 3.63) is 18.2 Å². The number of imidazole rings is 1. The predicted molar refractivity (Wildman–Crippen MR) is 103 cm³/mol. The average molecular weight is 412 g/mol. The highest BCUT2D eigenvalue weighted by Crippen LogP contribution is 2.03. The number of aliphatic carboxylic acids is 1. The monoisotopic (exact) mass is 412 g/mol. The van der Waals surface area contributed by atoms with E-state index < -0.39 is 42.0 Å². The van der Waals surface area contributed by atoms with Crippen molar-refractivity contribution in [1.29, 1.82) is 0 Å². The van der Waals surface area contributed by atoms with Crippen molar-refractivity contribution in [3.8, 4) is 0 Å². The van der Waals surface area contributed by atoms with Crippen LogP contribution >= 0.6 is 0 Å². The number of aromatic amines is 1. The van der Waals surface area contributed by atoms with Crippen LogP contribution in [0.4, 0.5) is 0 Å². The Balaban J connectivity index is 2.78. The molecular weight excluding hydrogens is 384 g/mol. The molecule has 0 aliphatic carbocycles. The number of aliphatic imine (C=N–C) groups is 1. The molecule has 0 aliphatic heterocycles. The summed E-state index contributed by atoms with van der Waals surface area (Å²) in [6.07, 6.45) is 2.27. The third-order valence-electron chi connectivity index (χ3n) is 3.96. The van der Waals surface area contributed by atoms with Gasteiger partial charge in [0.15, 0.2) is 12.0 Å². The number of guanidine groups is 1. The number of nitrogens with one attached hydrogen (secondary N) is 3. The van der Waals surface area contributed by atoms with Crippen LogP contribution in [0, 0.1) is 0 Å². The number of hydrogen-bond acceptors (Lipinski definition) is 7. The summed E-state index contributed by atoms with van der Waals surface area (Å²) in [5, 5.41) is 23.4. The lowest BCUT2D eigenvalue weighted by Gasteiger charge is -2.23. The molecule has 1 aromatic rings. The lowest BCUT2D eigenvalue weighted by molar-refractivity contribution is -0.145. The maximum Gasteiger partial charge on any atom is 0.328 e. The number of carbonyl (C=O) groups is 3. The zero-order valence-corrected chi connectivity index (χ0v) is 16.0. The van der Waals surface area contributed by atoms with Crippen LogP contribution in [0.15, 0.2) is 17.5 Å². The number of aromatic nitrogens is 2. The summed E-state index contributed by atoms with van der Waals surface area (Å²) in [6, 6.07) is -3.59. The molecule has 162 valence electrons. The van der Waals surface area contributed by atoms with Crippen LogP contribution in [0.3, 0.4) is 0 Å². The second kappa shape index (κ2) is 11.6. The van der Waals surface area contributed by atoms with Crippen molar-refractivity contribution < 1.29 is 24.6 Å². The van der Waals surface area contributed by atoms with E-state index in [1.54, 1.807) is 0 Å². The van der Waals surface area contributed by atoms with Gasteiger partial charge in [-0.2, -0.15) is 0 Å². The first-order chi connectivity index (χ1) is 13.6. The molecule has 11 N–H and O–H groups in total. The van der Waals surface area contributed by atoms with Crippen LogP contribution in [0.1, 0.15) is 25.5 Å². The summed E-state index contributed by atoms with van der Waals surface area (Å²) in [4.78, 5) is 46.6. The number of hydrogen-bond donors (Lipinski definition) is 8. The van der Waals surface area contributed by atoms with Crippen LogP contribution < -0.4 is 27.8 Å². The molecule has 13 heteroatoms. The first kappa shape index (κ1) is 23.8. The standard InChI is InChI=1S/C16H28N8O5/c1-8(25)12(15(28)29)24-14(27)11(5-9-6-20-7-22-9)23-13(26)10(17)3-2-4-21-16(18)19/h6-8,10-12,25H,2-5,17H2,1H3,(H,20,22)(H,23,26)(H,24,27)(H,28,29)(H4,18,19,21). The van der Waals surface area contributed by atoms with Crippen LogP contribution in [-0.4, -0.2) is 74.7 Å². The Bertz CT molecular complexity index is 702. The number of rotatable bonds is 12. The lowest BCUT2D eigenvalue weighted by atomic mass is 10.1. The second-order valence-corrected chi connectivity index (χ2v) is 6.46. The molecule has 4 atom stereocenters. The van der Waals surface area contributed by atoms with Crippen LogP contribution in [0.5, 0.6) is 0 Å². The summed E-state index contributed by atoms with van der Waals surface area (Å²) < 4.78 is 0. The summed E-state index contributed by atoms with van der Waals surface area (Å²) in [5.74, 6) is -2.85. The van der Waals surface area contributed by atoms with E-state index in [9.17, 15) is 19.5 Å². The molecule has 0 aromatic carbocycles. The summed E-state index contributed by atoms with van der Waals surface area (Å²) >= 11 is 0. The van der Waals surface area contributed by atoms with E-state index in [1.807, 2.05) is 0 Å². The summed E-state index contributed by atoms with van der Waals surface area (Å²) in [7, 11) is 0. The van der Waals surface area contributed by atoms with Gasteiger partial charge in [-0.3, -0.25) is 14.6 Å². The number of nitrogens with two attached hydrogens (primary N) is 3. The molecule has 0 saturated carbocycles. The van der Waals surface area contributed by atoms with Crippen molar-refractivity contribution >= 4 is 23.7 Å². The maximum absolute atomic E-state index is 12.6. The first-order valence-corrected chi connectivity index (χ1v) is 8.91. The second-order valence-electron chi connectivity index (χ2n) is 6.46. The molecule has 0 fully saturated rings. The van der Waals surface area contributed by atoms with Gasteiger partial charge in [-0.15, -0.1) is 0 Å². The van der Waals surface area contributed by atoms with Crippen LogP contribution in [0.2, 0.25) is 0 Å². The highest BCUT2D eigenvalue weighted by molar-refractivity contribution is 5.92. The van der Waals surface area contributed by atoms with Crippen molar-refractivity contribution in [2.75, 3.05) is 6.54 Å². The van der Waals surface area contributed by atoms with E-state index in [0.717, 1.165) is 0 Å². The zero-order chi connectivity index (χ0) is 22.0. The van der Waals surface area contributed by atoms with Crippen LogP contribution in [-0.2, 0) is 20.8 Å². The minimum absolute atomic E-state index is 0.0183. The fraction of sp³-hybridized carbons (Fsp3) is 0.562. The van der Waals surface area contributed by atoms with Crippen molar-refractivity contribution in [2.24, 2.45) is 22.2 Å². The van der Waals surface area contributed by atoms with E-state index in [0.29, 0.717) is 18.7 Å². The molecule has 1 heterocycles. The van der Waals surface area contributed by atoms with E-state index >= 15 is 0 Å². The molecule has 0 radical (unpaired) electrons. The van der Waals surface area contributed by atoms with Gasteiger partial charge < -0.3 is 43.0 Å². The molecular formula is C16H28N8O5. The Kier molecular flexibility index (Phi) is 9.55. The number of aliphatic hydroxyl groups is 1. The van der Waals surface area contributed by atoms with Gasteiger partial charge in [0, 0.05) is 24.9 Å². The third kappa shape index (κ3) is 8.57. The topological polar surface area (TPSA) is 235 Å². The highest BCUT2D eigenvalue weighted by atomic mass is 16.4. The SMILES string of the molecule is CC(O)C(NC(=O)C(Cc1cnc[nH]1)NC(=O)C(N)CCCN=C(N)N)C(=O)O. The molecule has 13 nitrogen and oxygen atoms in total. The molecule has 29 heavy (non-hydrogen) atoms. The number of H-pyrrole nitrogens is 1. The largest absolute Gasteiger partial charge is 0.480 e. The number of aliphatic hydroxyl groups excluding tert-OH is 1. The summed E-state index contributed by atoms with van der Waals surface area (Å²) in [5.41, 5.74) is 16.8. The maximum atomic E-state index is 12.6. The molecule has 0 bridgehead atoms. The molecule has 0 aliphatic rings. The quantitative estimate of drug-likeness (QED) is 0.0976. The van der Waals surface area contributed by atoms with Crippen LogP contribution in [0.25, 0.3) is 0 Å². The predicted octanol–water partition coefficient (Wildman–Crippen LogP) is -3.23. The van der Waals surface area contributed by atoms with Gasteiger partial charge in [-0.05, 0) is 19.8 Å². The Morgan fingerprint density at radius 3 is 2.48 bits per heavy atom. The zero-order valence-electron chi connectivity index (χ0n) is 16.0.